The van der Waals surface area contributed by atoms with Gasteiger partial charge in [-0.3, -0.25) is 14.6 Å². The van der Waals surface area contributed by atoms with Gasteiger partial charge in [-0.25, -0.2) is 9.36 Å². The molecule has 0 aliphatic carbocycles. The van der Waals surface area contributed by atoms with Crippen molar-refractivity contribution in [3.63, 3.8) is 0 Å². The van der Waals surface area contributed by atoms with Crippen molar-refractivity contribution in [3.05, 3.63) is 23.8 Å². The van der Waals surface area contributed by atoms with Crippen LogP contribution < -0.4 is 26.6 Å². The van der Waals surface area contributed by atoms with Gasteiger partial charge < -0.3 is 55.7 Å². The number of anilines is 3. The largest absolute Gasteiger partial charge is 0.393 e. The second-order valence-electron chi connectivity index (χ2n) is 15.2. The number of hydrogen-bond donors (Lipinski definition) is 4. The van der Waals surface area contributed by atoms with Crippen LogP contribution in [0.1, 0.15) is 51.0 Å². The lowest BCUT2D eigenvalue weighted by molar-refractivity contribution is -0.137. The fourth-order valence-electron chi connectivity index (χ4n) is 6.91. The average molecular weight is 866 g/mol. The topological polar surface area (TPSA) is 272 Å². The zero-order valence-electron chi connectivity index (χ0n) is 36.2. The third-order valence-corrected chi connectivity index (χ3v) is 10.4. The zero-order valence-corrected chi connectivity index (χ0v) is 36.2. The van der Waals surface area contributed by atoms with Crippen LogP contribution in [0.15, 0.2) is 17.4 Å². The number of nitrogens with one attached hydrogen (secondary N) is 1. The number of aromatic nitrogens is 9. The predicted octanol–water partition coefficient (Wildman–Crippen LogP) is -1.44. The quantitative estimate of drug-likeness (QED) is 0.0329. The lowest BCUT2D eigenvalue weighted by Gasteiger charge is -2.38. The molecule has 5 rings (SSSR count). The minimum atomic E-state index is -0.549. The summed E-state index contributed by atoms with van der Waals surface area (Å²) in [6.45, 7) is 13.0. The summed E-state index contributed by atoms with van der Waals surface area (Å²) in [5.41, 5.74) is 12.3. The SMILES string of the molecule is C#CCOCCOCCOCCNc1nc(N2CCN(C(=O)Cn3cc(CC(C)O)nn3)CC2)nc(N2CCN(C(=O)C(C(C)CC)n3cc(CCCN=C(N)N)nn3)CC2)n1. The number of terminal acetylenes is 1. The highest BCUT2D eigenvalue weighted by Crippen LogP contribution is 2.25. The number of aryl methyl sites for hydroxylation is 1. The van der Waals surface area contributed by atoms with E-state index < -0.39 is 12.1 Å². The van der Waals surface area contributed by atoms with E-state index in [1.807, 2.05) is 16.0 Å². The molecule has 0 radical (unpaired) electrons. The minimum absolute atomic E-state index is 0.00582. The van der Waals surface area contributed by atoms with E-state index in [9.17, 15) is 14.7 Å². The first-order chi connectivity index (χ1) is 30.0. The molecule has 5 heterocycles. The van der Waals surface area contributed by atoms with Gasteiger partial charge >= 0.3 is 0 Å². The van der Waals surface area contributed by atoms with Crippen LogP contribution in [0.2, 0.25) is 0 Å². The maximum Gasteiger partial charge on any atom is 0.247 e. The van der Waals surface area contributed by atoms with Crippen LogP contribution in [-0.4, -0.2) is 189 Å². The molecule has 2 aliphatic rings. The van der Waals surface area contributed by atoms with E-state index in [2.05, 4.69) is 55.6 Å². The molecule has 3 aromatic rings. The summed E-state index contributed by atoms with van der Waals surface area (Å²) in [5.74, 6) is 3.78. The van der Waals surface area contributed by atoms with E-state index in [4.69, 9.17) is 47.1 Å². The number of carbonyl (C=O) groups excluding carboxylic acids is 2. The number of hydrogen-bond acceptors (Lipinski definition) is 17. The first kappa shape index (κ1) is 47.4. The van der Waals surface area contributed by atoms with E-state index >= 15 is 0 Å². The molecule has 23 heteroatoms. The Morgan fingerprint density at radius 3 is 2.13 bits per heavy atom. The molecule has 340 valence electrons. The maximum absolute atomic E-state index is 14.1. The lowest BCUT2D eigenvalue weighted by Crippen LogP contribution is -2.52. The number of carbonyl (C=O) groups is 2. The van der Waals surface area contributed by atoms with Crippen molar-refractivity contribution in [1.29, 1.82) is 0 Å². The van der Waals surface area contributed by atoms with Crippen molar-refractivity contribution in [2.75, 3.05) is 120 Å². The Hall–Kier alpha value is -5.70. The van der Waals surface area contributed by atoms with Crippen molar-refractivity contribution in [2.24, 2.45) is 22.4 Å². The second-order valence-corrected chi connectivity index (χ2v) is 15.2. The van der Waals surface area contributed by atoms with Gasteiger partial charge in [0.2, 0.25) is 29.7 Å². The Morgan fingerprint density at radius 2 is 1.50 bits per heavy atom. The van der Waals surface area contributed by atoms with Crippen LogP contribution in [0.5, 0.6) is 0 Å². The number of amides is 2. The first-order valence-electron chi connectivity index (χ1n) is 21.3. The summed E-state index contributed by atoms with van der Waals surface area (Å²) >= 11 is 0. The van der Waals surface area contributed by atoms with Gasteiger partial charge in [0.15, 0.2) is 5.96 Å². The minimum Gasteiger partial charge on any atom is -0.393 e. The van der Waals surface area contributed by atoms with Crippen molar-refractivity contribution < 1.29 is 28.9 Å². The van der Waals surface area contributed by atoms with Crippen molar-refractivity contribution in [2.45, 2.75) is 65.1 Å². The standard InChI is InChI=1S/C39H63N17O6/c1-5-19-60-21-23-62-24-22-61-20-10-43-37-44-38(53-15-11-51(12-16-53)33(58)28-55-26-32(48-49-55)25-30(4)57)46-39(45-37)54-17-13-52(14-18-54)35(59)34(29(3)6-2)56-27-31(47-50-56)8-7-9-42-36(40)41/h1,26-27,29-30,34,57H,6-25,28H2,2-4H3,(H4,40,41,42)(H,43,44,45,46). The lowest BCUT2D eigenvalue weighted by atomic mass is 9.97. The molecule has 3 aromatic heterocycles. The number of aliphatic hydroxyl groups excluding tert-OH is 1. The normalized spacial score (nSPS) is 15.9. The van der Waals surface area contributed by atoms with Gasteiger partial charge in [0, 0.05) is 84.3 Å². The summed E-state index contributed by atoms with van der Waals surface area (Å²) in [5, 5.41) is 29.8. The number of nitrogens with zero attached hydrogens (tertiary/aromatic N) is 14. The smallest absolute Gasteiger partial charge is 0.247 e. The fourth-order valence-corrected chi connectivity index (χ4v) is 6.91. The van der Waals surface area contributed by atoms with Crippen LogP contribution in [0.4, 0.5) is 17.8 Å². The third-order valence-electron chi connectivity index (χ3n) is 10.4. The first-order valence-corrected chi connectivity index (χ1v) is 21.3. The summed E-state index contributed by atoms with van der Waals surface area (Å²) in [6, 6.07) is -0.499. The van der Waals surface area contributed by atoms with Crippen LogP contribution in [-0.2, 0) is 43.2 Å². The zero-order chi connectivity index (χ0) is 44.3. The van der Waals surface area contributed by atoms with Gasteiger partial charge in [-0.2, -0.15) is 15.0 Å². The van der Waals surface area contributed by atoms with E-state index in [1.165, 1.54) is 4.68 Å². The molecule has 2 fully saturated rings. The maximum atomic E-state index is 14.1. The van der Waals surface area contributed by atoms with E-state index in [0.29, 0.717) is 141 Å². The third kappa shape index (κ3) is 14.7. The Bertz CT molecular complexity index is 1900. The molecule has 2 aliphatic heterocycles. The fraction of sp³-hybridized carbons (Fsp3) is 0.692. The van der Waals surface area contributed by atoms with Gasteiger partial charge in [0.25, 0.3) is 0 Å². The summed E-state index contributed by atoms with van der Waals surface area (Å²) in [6.07, 6.45) is 10.7. The molecule has 6 N–H and O–H groups in total. The Kier molecular flexibility index (Phi) is 18.8. The summed E-state index contributed by atoms with van der Waals surface area (Å²) in [4.78, 5) is 53.6. The van der Waals surface area contributed by atoms with Gasteiger partial charge in [-0.1, -0.05) is 36.6 Å². The summed E-state index contributed by atoms with van der Waals surface area (Å²) < 4.78 is 19.7. The van der Waals surface area contributed by atoms with Crippen LogP contribution >= 0.6 is 0 Å². The number of ether oxygens (including phenoxy) is 3. The molecule has 3 atom stereocenters. The number of rotatable bonds is 25. The molecular weight excluding hydrogens is 803 g/mol. The van der Waals surface area contributed by atoms with E-state index in [-0.39, 0.29) is 36.8 Å². The van der Waals surface area contributed by atoms with Gasteiger partial charge in [-0.15, -0.1) is 16.6 Å². The molecule has 62 heavy (non-hydrogen) atoms. The average Bonchev–Trinajstić information content (AvgIpc) is 3.93. The number of guanidine groups is 1. The van der Waals surface area contributed by atoms with Crippen molar-refractivity contribution >= 4 is 35.6 Å². The number of piperazine rings is 2. The van der Waals surface area contributed by atoms with Crippen molar-refractivity contribution in [3.8, 4) is 12.3 Å². The molecule has 3 unspecified atom stereocenters. The molecular formula is C39H63N17O6. The number of aliphatic hydroxyl groups is 1. The molecule has 0 spiro atoms. The Morgan fingerprint density at radius 1 is 0.871 bits per heavy atom. The Balaban J connectivity index is 1.20. The highest BCUT2D eigenvalue weighted by molar-refractivity contribution is 5.81. The highest BCUT2D eigenvalue weighted by atomic mass is 16.5. The number of aliphatic imine (C=N–C) groups is 1. The molecule has 0 bridgehead atoms. The molecule has 0 aromatic carbocycles. The van der Waals surface area contributed by atoms with E-state index in [0.717, 1.165) is 12.1 Å². The van der Waals surface area contributed by atoms with Crippen LogP contribution in [0.25, 0.3) is 0 Å². The molecule has 23 nitrogen and oxygen atoms in total. The van der Waals surface area contributed by atoms with Crippen molar-refractivity contribution in [1.82, 2.24) is 54.7 Å². The summed E-state index contributed by atoms with van der Waals surface area (Å²) in [7, 11) is 0. The van der Waals surface area contributed by atoms with Gasteiger partial charge in [-0.05, 0) is 25.7 Å². The second kappa shape index (κ2) is 24.7. The monoisotopic (exact) mass is 866 g/mol. The van der Waals surface area contributed by atoms with Gasteiger partial charge in [0.05, 0.1) is 50.5 Å². The van der Waals surface area contributed by atoms with Crippen LogP contribution in [0, 0.1) is 18.3 Å². The van der Waals surface area contributed by atoms with Crippen LogP contribution in [0.3, 0.4) is 0 Å². The molecule has 2 amide bonds. The van der Waals surface area contributed by atoms with Gasteiger partial charge in [0.1, 0.15) is 19.2 Å². The predicted molar refractivity (Wildman–Crippen MR) is 230 cm³/mol. The molecule has 2 saturated heterocycles. The highest BCUT2D eigenvalue weighted by Gasteiger charge is 2.34. The Labute approximate surface area is 362 Å². The molecule has 0 saturated carbocycles. The number of nitrogens with two attached hydrogens (primary N) is 2. The van der Waals surface area contributed by atoms with E-state index in [1.54, 1.807) is 22.7 Å².